The van der Waals surface area contributed by atoms with Crippen molar-refractivity contribution >= 4 is 16.8 Å². The Balaban J connectivity index is 0.000000271. The van der Waals surface area contributed by atoms with Gasteiger partial charge in [-0.2, -0.15) is 0 Å². The summed E-state index contributed by atoms with van der Waals surface area (Å²) in [6.07, 6.45) is 3.12. The van der Waals surface area contributed by atoms with Crippen molar-refractivity contribution in [3.05, 3.63) is 132 Å². The van der Waals surface area contributed by atoms with Crippen molar-refractivity contribution in [1.82, 2.24) is 19.4 Å². The summed E-state index contributed by atoms with van der Waals surface area (Å²) >= 11 is 0. The summed E-state index contributed by atoms with van der Waals surface area (Å²) in [7, 11) is 0. The van der Waals surface area contributed by atoms with E-state index in [0.29, 0.717) is 40.1 Å². The minimum atomic E-state index is -2.15. The topological polar surface area (TPSA) is 56.2 Å². The van der Waals surface area contributed by atoms with Crippen LogP contribution in [0.4, 0.5) is 4.39 Å². The van der Waals surface area contributed by atoms with Crippen LogP contribution in [0.15, 0.2) is 95.9 Å². The predicted molar refractivity (Wildman–Crippen MR) is 197 cm³/mol. The van der Waals surface area contributed by atoms with E-state index in [9.17, 15) is 4.39 Å². The predicted octanol–water partition coefficient (Wildman–Crippen LogP) is 11.4. The van der Waals surface area contributed by atoms with E-state index in [4.69, 9.17) is 16.3 Å². The molecule has 1 radical (unpaired) electrons. The van der Waals surface area contributed by atoms with Crippen molar-refractivity contribution in [2.45, 2.75) is 73.5 Å². The Hall–Kier alpha value is -4.45. The Morgan fingerprint density at radius 3 is 2.30 bits per heavy atom. The zero-order valence-electron chi connectivity index (χ0n) is 34.2. The fourth-order valence-corrected chi connectivity index (χ4v) is 5.83. The number of imidazole rings is 1. The Kier molecular flexibility index (Phi) is 9.24. The van der Waals surface area contributed by atoms with Crippen LogP contribution in [-0.4, -0.2) is 19.4 Å². The maximum Gasteiger partial charge on any atom is 0.216 e. The average Bonchev–Trinajstić information content (AvgIpc) is 3.71. The molecule has 0 atom stereocenters. The van der Waals surface area contributed by atoms with Crippen LogP contribution < -0.4 is 0 Å². The molecule has 0 spiro atoms. The monoisotopic (exact) mass is 848 g/mol. The van der Waals surface area contributed by atoms with Crippen LogP contribution in [0, 0.1) is 30.2 Å². The third kappa shape index (κ3) is 7.96. The second-order valence-electron chi connectivity index (χ2n) is 13.7. The van der Waals surface area contributed by atoms with E-state index >= 15 is 0 Å². The molecule has 7 aromatic rings. The van der Waals surface area contributed by atoms with Crippen molar-refractivity contribution in [2.75, 3.05) is 0 Å². The number of hydrogen-bond donors (Lipinski definition) is 0. The number of fused-ring (bicyclic) bond motifs is 3. The van der Waals surface area contributed by atoms with Crippen molar-refractivity contribution in [1.29, 1.82) is 0 Å². The van der Waals surface area contributed by atoms with Gasteiger partial charge in [0.1, 0.15) is 12.0 Å². The Morgan fingerprint density at radius 2 is 1.68 bits per heavy atom. The third-order valence-electron chi connectivity index (χ3n) is 8.10. The summed E-state index contributed by atoms with van der Waals surface area (Å²) in [5.74, 6) is 0.402. The molecule has 0 amide bonds. The van der Waals surface area contributed by atoms with Crippen LogP contribution in [0.25, 0.3) is 50.5 Å². The largest absolute Gasteiger partial charge is 0.484 e. The second kappa shape index (κ2) is 15.2. The van der Waals surface area contributed by atoms with Gasteiger partial charge in [-0.05, 0) is 75.7 Å². The first-order valence-corrected chi connectivity index (χ1v) is 16.4. The number of aromatic nitrogens is 4. The summed E-state index contributed by atoms with van der Waals surface area (Å²) in [5.41, 5.74) is 9.41. The molecule has 0 saturated heterocycles. The first kappa shape index (κ1) is 30.4. The molecule has 7 rings (SSSR count). The number of nitrogens with zero attached hydrogens (tertiary/aromatic N) is 4. The summed E-state index contributed by atoms with van der Waals surface area (Å²) in [6, 6.07) is 27.8. The molecule has 0 aliphatic heterocycles. The van der Waals surface area contributed by atoms with Gasteiger partial charge in [0.2, 0.25) is 5.71 Å². The fourth-order valence-electron chi connectivity index (χ4n) is 5.83. The average molecular weight is 848 g/mol. The Morgan fingerprint density at radius 1 is 0.920 bits per heavy atom. The molecule has 0 aliphatic carbocycles. The summed E-state index contributed by atoms with van der Waals surface area (Å²) in [5, 5.41) is 0. The van der Waals surface area contributed by atoms with Gasteiger partial charge in [-0.15, -0.1) is 48.0 Å². The van der Waals surface area contributed by atoms with Gasteiger partial charge < -0.3 is 14.4 Å². The number of aryl methyl sites for hydroxylation is 1. The molecule has 3 aromatic carbocycles. The summed E-state index contributed by atoms with van der Waals surface area (Å²) in [4.78, 5) is 13.2. The number of benzene rings is 3. The molecular weight excluding hydrogens is 800 g/mol. The van der Waals surface area contributed by atoms with E-state index in [1.165, 1.54) is 41.1 Å². The van der Waals surface area contributed by atoms with E-state index < -0.39 is 18.6 Å². The standard InChI is InChI=1S/C31H34N3O.C12H9FN.Ir/c1-19(2)22-10-8-11-23(20(3)4)28(22)21-14-15-32-25(16-21)24-12-9-13-27-29(24)35-30-26(17-31(5,6)7)33-18-34(27)30;1-9-2-7-12(14-8-9)10-3-5-11(13)6-4-10;/h8-11,13-16,18-20H,17H2,1-7H3;2-3,5-8H,1H3;/q2*-1;/i17D2;1D3;. The maximum atomic E-state index is 12.7. The van der Waals surface area contributed by atoms with E-state index in [1.54, 1.807) is 18.5 Å². The molecule has 0 fully saturated rings. The van der Waals surface area contributed by atoms with Gasteiger partial charge in [0, 0.05) is 50.7 Å². The van der Waals surface area contributed by atoms with Crippen molar-refractivity contribution in [2.24, 2.45) is 5.41 Å². The third-order valence-corrected chi connectivity index (χ3v) is 8.10. The second-order valence-corrected chi connectivity index (χ2v) is 13.7. The fraction of sp³-hybridized carbons (Fsp3) is 0.279. The number of oxazole rings is 1. The van der Waals surface area contributed by atoms with Crippen molar-refractivity contribution in [3.63, 3.8) is 0 Å². The van der Waals surface area contributed by atoms with Gasteiger partial charge >= 0.3 is 0 Å². The SMILES string of the molecule is [2H]C([2H])([2H])c1ccc(-c2[c-]cc(F)cc2)nc1.[2H]C([2H])(c1ncn2c1oc1c(-c3cc(-c4c(C(C)C)cccc4C(C)C)ccn3)[c-]ccc12)C(C)(C)C.[Ir]. The van der Waals surface area contributed by atoms with Gasteiger partial charge in [-0.3, -0.25) is 8.79 Å². The molecule has 4 aromatic heterocycles. The molecule has 4 heterocycles. The van der Waals surface area contributed by atoms with Crippen LogP contribution in [-0.2, 0) is 26.5 Å². The molecule has 0 bridgehead atoms. The summed E-state index contributed by atoms with van der Waals surface area (Å²) < 4.78 is 60.0. The Labute approximate surface area is 315 Å². The molecule has 0 unspecified atom stereocenters. The van der Waals surface area contributed by atoms with E-state index in [2.05, 4.69) is 80.1 Å². The van der Waals surface area contributed by atoms with Crippen molar-refractivity contribution in [3.8, 4) is 33.6 Å². The molecule has 259 valence electrons. The molecule has 50 heavy (non-hydrogen) atoms. The van der Waals surface area contributed by atoms with Gasteiger partial charge in [-0.1, -0.05) is 90.4 Å². The molecule has 0 N–H and O–H groups in total. The van der Waals surface area contributed by atoms with Crippen LogP contribution in [0.5, 0.6) is 0 Å². The van der Waals surface area contributed by atoms with Gasteiger partial charge in [0.05, 0.1) is 5.58 Å². The van der Waals surface area contributed by atoms with Crippen LogP contribution in [0.2, 0.25) is 0 Å². The molecule has 0 saturated carbocycles. The number of halogens is 1. The Bertz CT molecular complexity index is 2390. The van der Waals surface area contributed by atoms with E-state index in [0.717, 1.165) is 22.3 Å². The zero-order valence-corrected chi connectivity index (χ0v) is 31.6. The van der Waals surface area contributed by atoms with Crippen LogP contribution in [0.3, 0.4) is 0 Å². The van der Waals surface area contributed by atoms with E-state index in [1.807, 2.05) is 43.5 Å². The number of hydrogen-bond acceptors (Lipinski definition) is 4. The molecular formula is C43H43FIrN4O-2. The molecule has 0 aliphatic rings. The molecule has 7 heteroatoms. The first-order chi connectivity index (χ1) is 25.4. The van der Waals surface area contributed by atoms with Crippen LogP contribution in [0.1, 0.15) is 89.5 Å². The van der Waals surface area contributed by atoms with Gasteiger partial charge in [0.25, 0.3) is 0 Å². The van der Waals surface area contributed by atoms with Crippen LogP contribution >= 0.6 is 0 Å². The number of pyridine rings is 2. The maximum absolute atomic E-state index is 12.7. The molecule has 5 nitrogen and oxygen atoms in total. The number of rotatable bonds is 6. The first-order valence-electron chi connectivity index (χ1n) is 18.9. The minimum absolute atomic E-state index is 0. The normalized spacial score (nSPS) is 13.6. The van der Waals surface area contributed by atoms with Gasteiger partial charge in [0.15, 0.2) is 0 Å². The zero-order chi connectivity index (χ0) is 39.2. The van der Waals surface area contributed by atoms with E-state index in [-0.39, 0.29) is 31.5 Å². The summed E-state index contributed by atoms with van der Waals surface area (Å²) in [6.45, 7) is 12.4. The quantitative estimate of drug-likeness (QED) is 0.156. The van der Waals surface area contributed by atoms with Gasteiger partial charge in [-0.25, -0.2) is 4.98 Å². The minimum Gasteiger partial charge on any atom is -0.484 e. The smallest absolute Gasteiger partial charge is 0.216 e. The van der Waals surface area contributed by atoms with Crippen molar-refractivity contribution < 1.29 is 35.8 Å².